The summed E-state index contributed by atoms with van der Waals surface area (Å²) < 4.78 is 76.9. The van der Waals surface area contributed by atoms with Crippen LogP contribution in [0.1, 0.15) is 19.4 Å². The van der Waals surface area contributed by atoms with Gasteiger partial charge in [0.1, 0.15) is 11.4 Å². The second-order valence-electron chi connectivity index (χ2n) is 7.12. The summed E-state index contributed by atoms with van der Waals surface area (Å²) in [5.74, 6) is -3.81. The minimum Gasteiger partial charge on any atom is -0.423 e. The normalized spacial score (nSPS) is 15.5. The molecule has 0 bridgehead atoms. The molecule has 0 fully saturated rings. The van der Waals surface area contributed by atoms with E-state index in [0.29, 0.717) is 14.5 Å². The highest BCUT2D eigenvalue weighted by molar-refractivity contribution is 14.1. The lowest BCUT2D eigenvalue weighted by molar-refractivity contribution is -0.193. The van der Waals surface area contributed by atoms with Gasteiger partial charge in [-0.25, -0.2) is 13.2 Å². The van der Waals surface area contributed by atoms with Crippen LogP contribution in [0.25, 0.3) is 11.1 Å². The second kappa shape index (κ2) is 7.34. The smallest absolute Gasteiger partial charge is 0.423 e. The minimum absolute atomic E-state index is 0.0356. The van der Waals surface area contributed by atoms with Gasteiger partial charge in [0.05, 0.1) is 5.69 Å². The van der Waals surface area contributed by atoms with E-state index in [2.05, 4.69) is 19.9 Å². The van der Waals surface area contributed by atoms with Gasteiger partial charge in [0, 0.05) is 26.3 Å². The first-order valence-corrected chi connectivity index (χ1v) is 10.1. The van der Waals surface area contributed by atoms with E-state index in [1.54, 1.807) is 22.6 Å². The molecule has 2 aromatic rings. The van der Waals surface area contributed by atoms with E-state index in [9.17, 15) is 26.7 Å². The molecule has 0 radical (unpaired) electrons. The Hall–Kier alpha value is -1.92. The quantitative estimate of drug-likeness (QED) is 0.174. The summed E-state index contributed by atoms with van der Waals surface area (Å²) >= 11 is 1.78. The molecule has 0 aromatic heterocycles. The molecule has 1 aliphatic rings. The van der Waals surface area contributed by atoms with Crippen molar-refractivity contribution in [2.75, 3.05) is 4.90 Å². The maximum Gasteiger partial charge on any atom is 0.483 e. The van der Waals surface area contributed by atoms with E-state index >= 15 is 0 Å². The average Bonchev–Trinajstić information content (AvgIpc) is 2.66. The van der Waals surface area contributed by atoms with Crippen molar-refractivity contribution in [2.45, 2.75) is 32.4 Å². The third-order valence-electron chi connectivity index (χ3n) is 4.74. The number of nitrogens with zero attached hydrogens (tertiary/aromatic N) is 1. The molecular formula is C20H14F5INO2P. The van der Waals surface area contributed by atoms with Crippen molar-refractivity contribution in [1.29, 1.82) is 0 Å². The topological polar surface area (TPSA) is 29.5 Å². The molecule has 0 N–H and O–H groups in total. The second-order valence-corrected chi connectivity index (χ2v) is 8.77. The molecule has 1 unspecified atom stereocenters. The van der Waals surface area contributed by atoms with Crippen molar-refractivity contribution < 1.29 is 31.5 Å². The van der Waals surface area contributed by atoms with Crippen LogP contribution in [0.5, 0.6) is 5.75 Å². The predicted molar refractivity (Wildman–Crippen MR) is 115 cm³/mol. The zero-order valence-electron chi connectivity index (χ0n) is 15.8. The van der Waals surface area contributed by atoms with Gasteiger partial charge >= 0.3 is 12.0 Å². The van der Waals surface area contributed by atoms with Gasteiger partial charge in [-0.1, -0.05) is 5.92 Å². The molecule has 0 saturated carbocycles. The Kier molecular flexibility index (Phi) is 5.57. The Morgan fingerprint density at radius 1 is 1.23 bits per heavy atom. The van der Waals surface area contributed by atoms with Crippen LogP contribution < -0.4 is 14.9 Å². The number of amides is 1. The molecule has 1 atom stereocenters. The van der Waals surface area contributed by atoms with Crippen molar-refractivity contribution in [3.63, 3.8) is 0 Å². The molecule has 3 nitrogen and oxygen atoms in total. The zero-order valence-corrected chi connectivity index (χ0v) is 19.2. The van der Waals surface area contributed by atoms with E-state index in [-0.39, 0.29) is 16.6 Å². The lowest BCUT2D eigenvalue weighted by Crippen LogP contribution is -2.58. The number of carbonyl (C=O) groups is 1. The lowest BCUT2D eigenvalue weighted by atomic mass is 9.97. The van der Waals surface area contributed by atoms with E-state index in [4.69, 9.17) is 6.42 Å². The van der Waals surface area contributed by atoms with Crippen LogP contribution in [0.3, 0.4) is 0 Å². The number of rotatable bonds is 2. The van der Waals surface area contributed by atoms with Crippen LogP contribution in [0.15, 0.2) is 12.1 Å². The Morgan fingerprint density at radius 3 is 2.40 bits per heavy atom. The highest BCUT2D eigenvalue weighted by Crippen LogP contribution is 2.46. The molecule has 0 aliphatic carbocycles. The van der Waals surface area contributed by atoms with Crippen LogP contribution in [0.2, 0.25) is 0 Å². The standard InChI is InChI=1S/C20H14F5INO2P/c1-5-19(3,4)27-11-6-9(10(21)7-12(11)29-20(24,25)18(27)28)13-15(23)14(22)8(2)16(26)17(13)30/h1,6-7H,30H2,2-4H3. The summed E-state index contributed by atoms with van der Waals surface area (Å²) in [5.41, 5.74) is -2.66. The number of hydrogen-bond acceptors (Lipinski definition) is 2. The largest absolute Gasteiger partial charge is 0.483 e. The van der Waals surface area contributed by atoms with Crippen LogP contribution in [-0.2, 0) is 4.79 Å². The summed E-state index contributed by atoms with van der Waals surface area (Å²) in [6.07, 6.45) is 1.13. The average molecular weight is 553 g/mol. The number of ether oxygens (including phenoxy) is 1. The van der Waals surface area contributed by atoms with Crippen LogP contribution in [-0.4, -0.2) is 17.6 Å². The molecule has 10 heteroatoms. The van der Waals surface area contributed by atoms with Crippen molar-refractivity contribution in [2.24, 2.45) is 0 Å². The van der Waals surface area contributed by atoms with E-state index in [1.807, 2.05) is 0 Å². The molecule has 0 spiro atoms. The van der Waals surface area contributed by atoms with Gasteiger partial charge in [0.25, 0.3) is 0 Å². The number of benzene rings is 2. The number of terminal acetylenes is 1. The monoisotopic (exact) mass is 553 g/mol. The van der Waals surface area contributed by atoms with E-state index < -0.39 is 51.9 Å². The number of alkyl halides is 2. The zero-order chi connectivity index (χ0) is 22.8. The molecule has 1 heterocycles. The fourth-order valence-corrected chi connectivity index (χ4v) is 4.10. The maximum atomic E-state index is 14.9. The fourth-order valence-electron chi connectivity index (χ4n) is 3.10. The van der Waals surface area contributed by atoms with Gasteiger partial charge in [-0.2, -0.15) is 8.78 Å². The lowest BCUT2D eigenvalue weighted by Gasteiger charge is -2.40. The summed E-state index contributed by atoms with van der Waals surface area (Å²) in [6, 6.07) is 1.55. The third kappa shape index (κ3) is 3.34. The van der Waals surface area contributed by atoms with E-state index in [0.717, 1.165) is 6.07 Å². The van der Waals surface area contributed by atoms with Gasteiger partial charge in [-0.05, 0) is 54.7 Å². The van der Waals surface area contributed by atoms with Gasteiger partial charge in [-0.3, -0.25) is 9.69 Å². The molecule has 0 saturated heterocycles. The summed E-state index contributed by atoms with van der Waals surface area (Å²) in [4.78, 5) is 12.9. The summed E-state index contributed by atoms with van der Waals surface area (Å²) in [5, 5.41) is 0.169. The molecule has 158 valence electrons. The predicted octanol–water partition coefficient (Wildman–Crippen LogP) is 4.91. The molecule has 2 aromatic carbocycles. The van der Waals surface area contributed by atoms with Gasteiger partial charge in [0.2, 0.25) is 0 Å². The Balaban J connectivity index is 2.38. The van der Waals surface area contributed by atoms with Crippen molar-refractivity contribution in [1.82, 2.24) is 0 Å². The molecule has 1 amide bonds. The fraction of sp³-hybridized carbons (Fsp3) is 0.250. The minimum atomic E-state index is -4.28. The van der Waals surface area contributed by atoms with Crippen molar-refractivity contribution in [3.8, 4) is 29.2 Å². The molecule has 30 heavy (non-hydrogen) atoms. The van der Waals surface area contributed by atoms with Gasteiger partial charge in [0.15, 0.2) is 17.4 Å². The van der Waals surface area contributed by atoms with Crippen molar-refractivity contribution in [3.05, 3.63) is 38.7 Å². The van der Waals surface area contributed by atoms with Gasteiger partial charge < -0.3 is 4.74 Å². The highest BCUT2D eigenvalue weighted by atomic mass is 127. The molecule has 1 aliphatic heterocycles. The first-order valence-electron chi connectivity index (χ1n) is 8.40. The van der Waals surface area contributed by atoms with Crippen molar-refractivity contribution >= 4 is 48.7 Å². The Labute approximate surface area is 185 Å². The SMILES string of the molecule is C#CC(C)(C)N1C(=O)C(F)(F)Oc2cc(F)c(-c3c(F)c(F)c(C)c(I)c3P)cc21. The highest BCUT2D eigenvalue weighted by Gasteiger charge is 2.54. The maximum absolute atomic E-state index is 14.9. The van der Waals surface area contributed by atoms with Gasteiger partial charge in [-0.15, -0.1) is 15.7 Å². The van der Waals surface area contributed by atoms with Crippen LogP contribution >= 0.6 is 31.8 Å². The molecule has 3 rings (SSSR count). The first kappa shape index (κ1) is 22.8. The summed E-state index contributed by atoms with van der Waals surface area (Å²) in [6.45, 7) is 4.02. The Bertz CT molecular complexity index is 1110. The number of hydrogen-bond donors (Lipinski definition) is 0. The summed E-state index contributed by atoms with van der Waals surface area (Å²) in [7, 11) is 2.21. The van der Waals surface area contributed by atoms with Crippen LogP contribution in [0, 0.1) is 40.3 Å². The Morgan fingerprint density at radius 2 is 1.83 bits per heavy atom. The first-order chi connectivity index (χ1) is 13.7. The number of anilines is 1. The number of carbonyl (C=O) groups excluding carboxylic acids is 1. The third-order valence-corrected chi connectivity index (χ3v) is 7.29. The number of halogens is 6. The van der Waals surface area contributed by atoms with Crippen LogP contribution in [0.4, 0.5) is 27.6 Å². The number of fused-ring (bicyclic) bond motifs is 1. The van der Waals surface area contributed by atoms with E-state index in [1.165, 1.54) is 20.8 Å². The molecular weight excluding hydrogens is 539 g/mol.